The largest absolute Gasteiger partial charge is 0.338 e. The molecule has 1 heterocycles. The number of carbonyl (C=O) groups is 1. The number of hydrogen-bond acceptors (Lipinski definition) is 1. The molecule has 0 aromatic heterocycles. The van der Waals surface area contributed by atoms with E-state index in [0.29, 0.717) is 0 Å². The van der Waals surface area contributed by atoms with Gasteiger partial charge in [-0.2, -0.15) is 0 Å². The van der Waals surface area contributed by atoms with Crippen LogP contribution in [-0.4, -0.2) is 23.9 Å². The smallest absolute Gasteiger partial charge is 0.225 e. The number of nitrogens with zero attached hydrogens (tertiary/aromatic N) is 1. The Hall–Kier alpha value is -1.31. The van der Waals surface area contributed by atoms with Gasteiger partial charge in [-0.3, -0.25) is 4.79 Å². The second-order valence-electron chi connectivity index (χ2n) is 4.56. The van der Waals surface area contributed by atoms with E-state index in [0.717, 1.165) is 19.5 Å². The van der Waals surface area contributed by atoms with Gasteiger partial charge < -0.3 is 4.90 Å². The second-order valence-corrected chi connectivity index (χ2v) is 4.56. The molecule has 0 saturated carbocycles. The Balaban J connectivity index is 2.76. The summed E-state index contributed by atoms with van der Waals surface area (Å²) in [6.45, 7) is 11.3. The monoisotopic (exact) mass is 219 g/mol. The fourth-order valence-corrected chi connectivity index (χ4v) is 1.82. The van der Waals surface area contributed by atoms with Gasteiger partial charge in [0.25, 0.3) is 0 Å². The van der Waals surface area contributed by atoms with Crippen molar-refractivity contribution in [2.24, 2.45) is 5.92 Å². The quantitative estimate of drug-likeness (QED) is 0.668. The van der Waals surface area contributed by atoms with Crippen molar-refractivity contribution in [3.63, 3.8) is 0 Å². The first-order valence-electron chi connectivity index (χ1n) is 5.82. The van der Waals surface area contributed by atoms with E-state index in [1.807, 2.05) is 24.8 Å². The maximum Gasteiger partial charge on any atom is 0.225 e. The molecule has 0 unspecified atom stereocenters. The normalized spacial score (nSPS) is 17.4. The fourth-order valence-electron chi connectivity index (χ4n) is 1.82. The van der Waals surface area contributed by atoms with Crippen LogP contribution in [-0.2, 0) is 4.79 Å². The van der Waals surface area contributed by atoms with Crippen molar-refractivity contribution in [1.82, 2.24) is 4.90 Å². The van der Waals surface area contributed by atoms with Crippen molar-refractivity contribution in [2.75, 3.05) is 13.1 Å². The van der Waals surface area contributed by atoms with Crippen LogP contribution in [0, 0.1) is 5.92 Å². The molecule has 0 atom stereocenters. The minimum absolute atomic E-state index is 0.0861. The molecule has 0 aromatic rings. The molecule has 0 fully saturated rings. The predicted molar refractivity (Wildman–Crippen MR) is 68.1 cm³/mol. The van der Waals surface area contributed by atoms with Crippen molar-refractivity contribution in [1.29, 1.82) is 0 Å². The molecule has 16 heavy (non-hydrogen) atoms. The van der Waals surface area contributed by atoms with Gasteiger partial charge in [-0.25, -0.2) is 0 Å². The van der Waals surface area contributed by atoms with Gasteiger partial charge in [-0.15, -0.1) is 0 Å². The van der Waals surface area contributed by atoms with Crippen molar-refractivity contribution in [3.05, 3.63) is 36.0 Å². The Morgan fingerprint density at radius 2 is 2.19 bits per heavy atom. The van der Waals surface area contributed by atoms with Crippen LogP contribution >= 0.6 is 0 Å². The summed E-state index contributed by atoms with van der Waals surface area (Å²) in [6, 6.07) is 0. The van der Waals surface area contributed by atoms with E-state index in [1.165, 1.54) is 11.1 Å². The molecule has 1 aliphatic rings. The summed E-state index contributed by atoms with van der Waals surface area (Å²) in [5, 5.41) is 0. The van der Waals surface area contributed by atoms with Gasteiger partial charge in [0.1, 0.15) is 0 Å². The van der Waals surface area contributed by atoms with Crippen LogP contribution in [0.1, 0.15) is 27.2 Å². The van der Waals surface area contributed by atoms with E-state index in [2.05, 4.69) is 19.6 Å². The Bertz CT molecular complexity index is 337. The van der Waals surface area contributed by atoms with Crippen molar-refractivity contribution >= 4 is 5.91 Å². The molecular weight excluding hydrogens is 198 g/mol. The Morgan fingerprint density at radius 1 is 1.50 bits per heavy atom. The molecule has 1 aliphatic heterocycles. The Morgan fingerprint density at radius 3 is 2.75 bits per heavy atom. The predicted octanol–water partition coefficient (Wildman–Crippen LogP) is 2.93. The van der Waals surface area contributed by atoms with Gasteiger partial charge in [0.05, 0.1) is 0 Å². The number of amides is 1. The van der Waals surface area contributed by atoms with Gasteiger partial charge in [0.2, 0.25) is 5.91 Å². The highest BCUT2D eigenvalue weighted by atomic mass is 16.2. The highest BCUT2D eigenvalue weighted by Gasteiger charge is 2.21. The fraction of sp³-hybridized carbons (Fsp3) is 0.500. The molecular formula is C14H21NO. The molecule has 0 radical (unpaired) electrons. The van der Waals surface area contributed by atoms with Crippen LogP contribution in [0.3, 0.4) is 0 Å². The van der Waals surface area contributed by atoms with E-state index in [1.54, 1.807) is 6.08 Å². The molecule has 1 amide bonds. The maximum absolute atomic E-state index is 11.9. The second kappa shape index (κ2) is 5.69. The zero-order valence-electron chi connectivity index (χ0n) is 10.5. The standard InChI is InChI=1S/C14H21NO/c1-5-6-7-13-10-15(9-8-12(13)4)14(16)11(2)3/h5-7,11H,1,8-10H2,2-4H3/b7-6-. The summed E-state index contributed by atoms with van der Waals surface area (Å²) in [5.74, 6) is 0.333. The topological polar surface area (TPSA) is 20.3 Å². The zero-order chi connectivity index (χ0) is 12.1. The van der Waals surface area contributed by atoms with Gasteiger partial charge in [0.15, 0.2) is 0 Å². The third kappa shape index (κ3) is 3.09. The molecule has 0 N–H and O–H groups in total. The first-order valence-corrected chi connectivity index (χ1v) is 5.82. The van der Waals surface area contributed by atoms with E-state index < -0.39 is 0 Å². The van der Waals surface area contributed by atoms with Crippen LogP contribution in [0.25, 0.3) is 0 Å². The summed E-state index contributed by atoms with van der Waals surface area (Å²) in [7, 11) is 0. The molecule has 0 saturated heterocycles. The van der Waals surface area contributed by atoms with E-state index in [4.69, 9.17) is 0 Å². The van der Waals surface area contributed by atoms with E-state index in [9.17, 15) is 4.79 Å². The third-order valence-corrected chi connectivity index (χ3v) is 2.91. The number of rotatable bonds is 3. The summed E-state index contributed by atoms with van der Waals surface area (Å²) in [6.07, 6.45) is 6.74. The average Bonchev–Trinajstić information content (AvgIpc) is 2.27. The van der Waals surface area contributed by atoms with Crippen molar-refractivity contribution < 1.29 is 4.79 Å². The molecule has 1 rings (SSSR count). The lowest BCUT2D eigenvalue weighted by Crippen LogP contribution is -2.39. The lowest BCUT2D eigenvalue weighted by Gasteiger charge is -2.30. The zero-order valence-corrected chi connectivity index (χ0v) is 10.5. The minimum Gasteiger partial charge on any atom is -0.338 e. The number of carbonyl (C=O) groups excluding carboxylic acids is 1. The van der Waals surface area contributed by atoms with E-state index >= 15 is 0 Å². The van der Waals surface area contributed by atoms with Gasteiger partial charge in [-0.05, 0) is 18.9 Å². The van der Waals surface area contributed by atoms with Crippen LogP contribution in [0.5, 0.6) is 0 Å². The highest BCUT2D eigenvalue weighted by Crippen LogP contribution is 2.20. The number of allylic oxidation sites excluding steroid dienone is 2. The highest BCUT2D eigenvalue weighted by molar-refractivity contribution is 5.78. The van der Waals surface area contributed by atoms with Gasteiger partial charge in [0, 0.05) is 19.0 Å². The van der Waals surface area contributed by atoms with Crippen molar-refractivity contribution in [2.45, 2.75) is 27.2 Å². The lowest BCUT2D eigenvalue weighted by molar-refractivity contribution is -0.134. The van der Waals surface area contributed by atoms with Gasteiger partial charge in [-0.1, -0.05) is 44.2 Å². The van der Waals surface area contributed by atoms with Crippen LogP contribution in [0.2, 0.25) is 0 Å². The summed E-state index contributed by atoms with van der Waals surface area (Å²) < 4.78 is 0. The summed E-state index contributed by atoms with van der Waals surface area (Å²) in [4.78, 5) is 13.8. The molecule has 2 heteroatoms. The van der Waals surface area contributed by atoms with Crippen molar-refractivity contribution in [3.8, 4) is 0 Å². The molecule has 0 spiro atoms. The third-order valence-electron chi connectivity index (χ3n) is 2.91. The Kier molecular flexibility index (Phi) is 4.53. The van der Waals surface area contributed by atoms with Crippen LogP contribution in [0.4, 0.5) is 0 Å². The molecule has 0 bridgehead atoms. The number of hydrogen-bond donors (Lipinski definition) is 0. The summed E-state index contributed by atoms with van der Waals surface area (Å²) in [5.41, 5.74) is 2.63. The van der Waals surface area contributed by atoms with Crippen LogP contribution in [0.15, 0.2) is 36.0 Å². The lowest BCUT2D eigenvalue weighted by atomic mass is 10.00. The summed E-state index contributed by atoms with van der Waals surface area (Å²) >= 11 is 0. The van der Waals surface area contributed by atoms with E-state index in [-0.39, 0.29) is 11.8 Å². The first-order chi connectivity index (χ1) is 7.56. The molecule has 2 nitrogen and oxygen atoms in total. The average molecular weight is 219 g/mol. The minimum atomic E-state index is 0.0861. The Labute approximate surface area is 98.3 Å². The van der Waals surface area contributed by atoms with Crippen LogP contribution < -0.4 is 0 Å². The maximum atomic E-state index is 11.9. The first kappa shape index (κ1) is 12.8. The molecule has 88 valence electrons. The molecule has 0 aromatic carbocycles. The van der Waals surface area contributed by atoms with Gasteiger partial charge >= 0.3 is 0 Å². The SMILES string of the molecule is C=C/C=C\C1=C(C)CCN(C(=O)C(C)C)C1. The molecule has 0 aliphatic carbocycles.